The number of carbonyl (C=O) groups is 2. The number of benzene rings is 3. The van der Waals surface area contributed by atoms with Gasteiger partial charge in [-0.3, -0.25) is 14.5 Å². The predicted molar refractivity (Wildman–Crippen MR) is 124 cm³/mol. The standard InChI is InChI=1S/C26H29N3O2/c30-25(17-22-11-6-10-21-9-4-5-12-24(21)22)27-18-26(31)28-23-13-15-29(16-14-23)19-20-7-2-1-3-8-20/h1-12,23H,13-19H2,(H,27,30)(H,28,31). The maximum atomic E-state index is 12.4. The Morgan fingerprint density at radius 2 is 1.55 bits per heavy atom. The van der Waals surface area contributed by atoms with Gasteiger partial charge >= 0.3 is 0 Å². The van der Waals surface area contributed by atoms with Crippen molar-refractivity contribution in [1.29, 1.82) is 0 Å². The van der Waals surface area contributed by atoms with E-state index in [1.165, 1.54) is 5.56 Å². The number of hydrogen-bond acceptors (Lipinski definition) is 3. The average molecular weight is 416 g/mol. The Labute approximate surface area is 183 Å². The number of fused-ring (bicyclic) bond motifs is 1. The van der Waals surface area contributed by atoms with Crippen molar-refractivity contribution in [3.8, 4) is 0 Å². The van der Waals surface area contributed by atoms with E-state index in [0.717, 1.165) is 48.8 Å². The second-order valence-electron chi connectivity index (χ2n) is 8.20. The van der Waals surface area contributed by atoms with Crippen LogP contribution in [0.5, 0.6) is 0 Å². The molecule has 0 aromatic heterocycles. The van der Waals surface area contributed by atoms with Crippen LogP contribution in [-0.4, -0.2) is 42.4 Å². The Kier molecular flexibility index (Phi) is 6.95. The summed E-state index contributed by atoms with van der Waals surface area (Å²) in [6, 6.07) is 24.6. The highest BCUT2D eigenvalue weighted by Gasteiger charge is 2.21. The van der Waals surface area contributed by atoms with Gasteiger partial charge in [0.25, 0.3) is 0 Å². The van der Waals surface area contributed by atoms with E-state index in [1.54, 1.807) is 0 Å². The summed E-state index contributed by atoms with van der Waals surface area (Å²) in [6.45, 7) is 2.90. The Hall–Kier alpha value is -3.18. The number of nitrogens with one attached hydrogen (secondary N) is 2. The first-order valence-corrected chi connectivity index (χ1v) is 11.0. The van der Waals surface area contributed by atoms with E-state index in [9.17, 15) is 9.59 Å². The molecule has 5 nitrogen and oxygen atoms in total. The minimum absolute atomic E-state index is 0.0217. The third kappa shape index (κ3) is 5.92. The number of nitrogens with zero attached hydrogens (tertiary/aromatic N) is 1. The second kappa shape index (κ2) is 10.2. The van der Waals surface area contributed by atoms with Crippen molar-refractivity contribution >= 4 is 22.6 Å². The van der Waals surface area contributed by atoms with Gasteiger partial charge in [-0.1, -0.05) is 72.8 Å². The maximum Gasteiger partial charge on any atom is 0.239 e. The largest absolute Gasteiger partial charge is 0.352 e. The van der Waals surface area contributed by atoms with Gasteiger partial charge in [-0.2, -0.15) is 0 Å². The van der Waals surface area contributed by atoms with E-state index in [2.05, 4.69) is 39.8 Å². The number of likely N-dealkylation sites (tertiary alicyclic amines) is 1. The first-order valence-electron chi connectivity index (χ1n) is 11.0. The van der Waals surface area contributed by atoms with Crippen molar-refractivity contribution in [2.24, 2.45) is 0 Å². The molecular formula is C26H29N3O2. The van der Waals surface area contributed by atoms with Gasteiger partial charge in [-0.15, -0.1) is 0 Å². The summed E-state index contributed by atoms with van der Waals surface area (Å²) in [5.41, 5.74) is 2.29. The SMILES string of the molecule is O=C(Cc1cccc2ccccc12)NCC(=O)NC1CCN(Cc2ccccc2)CC1. The zero-order valence-electron chi connectivity index (χ0n) is 17.7. The summed E-state index contributed by atoms with van der Waals surface area (Å²) in [6.07, 6.45) is 2.14. The van der Waals surface area contributed by atoms with Gasteiger partial charge in [0.15, 0.2) is 0 Å². The van der Waals surface area contributed by atoms with Crippen molar-refractivity contribution in [1.82, 2.24) is 15.5 Å². The minimum atomic E-state index is -0.135. The molecular weight excluding hydrogens is 386 g/mol. The Morgan fingerprint density at radius 3 is 2.35 bits per heavy atom. The Bertz CT molecular complexity index is 1020. The quantitative estimate of drug-likeness (QED) is 0.623. The van der Waals surface area contributed by atoms with Gasteiger partial charge in [0.1, 0.15) is 0 Å². The molecule has 160 valence electrons. The topological polar surface area (TPSA) is 61.4 Å². The molecule has 1 fully saturated rings. The number of amides is 2. The summed E-state index contributed by atoms with van der Waals surface area (Å²) in [4.78, 5) is 27.1. The van der Waals surface area contributed by atoms with Gasteiger partial charge in [-0.05, 0) is 34.7 Å². The van der Waals surface area contributed by atoms with E-state index in [-0.39, 0.29) is 30.8 Å². The number of piperidine rings is 1. The lowest BCUT2D eigenvalue weighted by Gasteiger charge is -2.32. The van der Waals surface area contributed by atoms with Crippen molar-refractivity contribution in [3.63, 3.8) is 0 Å². The lowest BCUT2D eigenvalue weighted by molar-refractivity contribution is -0.126. The van der Waals surface area contributed by atoms with Crippen LogP contribution in [0.15, 0.2) is 72.8 Å². The van der Waals surface area contributed by atoms with Crippen molar-refractivity contribution < 1.29 is 9.59 Å². The summed E-state index contributed by atoms with van der Waals surface area (Å²) in [5, 5.41) is 8.03. The Morgan fingerprint density at radius 1 is 0.839 bits per heavy atom. The normalized spacial score (nSPS) is 15.0. The molecule has 0 bridgehead atoms. The molecule has 4 rings (SSSR count). The first kappa shape index (κ1) is 21.1. The van der Waals surface area contributed by atoms with Crippen LogP contribution in [0, 0.1) is 0 Å². The van der Waals surface area contributed by atoms with Crippen molar-refractivity contribution in [3.05, 3.63) is 83.9 Å². The summed E-state index contributed by atoms with van der Waals surface area (Å²) >= 11 is 0. The third-order valence-corrected chi connectivity index (χ3v) is 5.88. The van der Waals surface area contributed by atoms with E-state index < -0.39 is 0 Å². The van der Waals surface area contributed by atoms with Crippen molar-refractivity contribution in [2.75, 3.05) is 19.6 Å². The van der Waals surface area contributed by atoms with Crippen LogP contribution >= 0.6 is 0 Å². The lowest BCUT2D eigenvalue weighted by atomic mass is 10.0. The van der Waals surface area contributed by atoms with Gasteiger partial charge in [0.05, 0.1) is 13.0 Å². The molecule has 3 aromatic rings. The highest BCUT2D eigenvalue weighted by molar-refractivity contribution is 5.91. The molecule has 31 heavy (non-hydrogen) atoms. The fourth-order valence-electron chi connectivity index (χ4n) is 4.22. The van der Waals surface area contributed by atoms with Crippen molar-refractivity contribution in [2.45, 2.75) is 31.8 Å². The van der Waals surface area contributed by atoms with Crippen LogP contribution in [0.2, 0.25) is 0 Å². The molecule has 1 heterocycles. The van der Waals surface area contributed by atoms with Crippen LogP contribution in [-0.2, 0) is 22.6 Å². The van der Waals surface area contributed by atoms with Gasteiger partial charge in [-0.25, -0.2) is 0 Å². The predicted octanol–water partition coefficient (Wildman–Crippen LogP) is 3.28. The van der Waals surface area contributed by atoms with Gasteiger partial charge in [0, 0.05) is 25.7 Å². The molecule has 0 saturated carbocycles. The molecule has 3 aromatic carbocycles. The molecule has 0 atom stereocenters. The first-order chi connectivity index (χ1) is 15.2. The van der Waals surface area contributed by atoms with Crippen LogP contribution in [0.4, 0.5) is 0 Å². The smallest absolute Gasteiger partial charge is 0.239 e. The second-order valence-corrected chi connectivity index (χ2v) is 8.20. The minimum Gasteiger partial charge on any atom is -0.352 e. The third-order valence-electron chi connectivity index (χ3n) is 5.88. The van der Waals surface area contributed by atoms with Crippen LogP contribution in [0.25, 0.3) is 10.8 Å². The lowest BCUT2D eigenvalue weighted by Crippen LogP contribution is -2.47. The van der Waals surface area contributed by atoms with E-state index >= 15 is 0 Å². The molecule has 0 unspecified atom stereocenters. The molecule has 1 saturated heterocycles. The molecule has 0 radical (unpaired) electrons. The summed E-state index contributed by atoms with van der Waals surface area (Å²) in [5.74, 6) is -0.253. The molecule has 1 aliphatic heterocycles. The molecule has 5 heteroatoms. The van der Waals surface area contributed by atoms with E-state index in [1.807, 2.05) is 48.5 Å². The summed E-state index contributed by atoms with van der Waals surface area (Å²) < 4.78 is 0. The molecule has 2 N–H and O–H groups in total. The fraction of sp³-hybridized carbons (Fsp3) is 0.308. The average Bonchev–Trinajstić information content (AvgIpc) is 2.80. The number of hydrogen-bond donors (Lipinski definition) is 2. The molecule has 1 aliphatic rings. The maximum absolute atomic E-state index is 12.4. The zero-order chi connectivity index (χ0) is 21.5. The van der Waals surface area contributed by atoms with Crippen LogP contribution < -0.4 is 10.6 Å². The van der Waals surface area contributed by atoms with E-state index in [4.69, 9.17) is 0 Å². The summed E-state index contributed by atoms with van der Waals surface area (Å²) in [7, 11) is 0. The monoisotopic (exact) mass is 415 g/mol. The highest BCUT2D eigenvalue weighted by Crippen LogP contribution is 2.19. The zero-order valence-corrected chi connectivity index (χ0v) is 17.7. The molecule has 0 spiro atoms. The highest BCUT2D eigenvalue weighted by atomic mass is 16.2. The van der Waals surface area contributed by atoms with Crippen LogP contribution in [0.3, 0.4) is 0 Å². The van der Waals surface area contributed by atoms with Gasteiger partial charge in [0.2, 0.25) is 11.8 Å². The molecule has 0 aliphatic carbocycles. The Balaban J connectivity index is 1.19. The number of rotatable bonds is 7. The van der Waals surface area contributed by atoms with E-state index in [0.29, 0.717) is 0 Å². The molecule has 2 amide bonds. The fourth-order valence-corrected chi connectivity index (χ4v) is 4.22. The van der Waals surface area contributed by atoms with Gasteiger partial charge < -0.3 is 10.6 Å². The number of carbonyl (C=O) groups excluding carboxylic acids is 2. The van der Waals surface area contributed by atoms with Crippen LogP contribution in [0.1, 0.15) is 24.0 Å².